The van der Waals surface area contributed by atoms with Crippen molar-refractivity contribution in [3.8, 4) is 0 Å². The fourth-order valence-electron chi connectivity index (χ4n) is 1.14. The maximum atomic E-state index is 2.22. The fraction of sp³-hybridized carbons (Fsp3) is 0.273. The molecule has 0 saturated carbocycles. The second kappa shape index (κ2) is 5.04. The van der Waals surface area contributed by atoms with E-state index < -0.39 is 0 Å². The number of allylic oxidation sites excluding steroid dienone is 1. The van der Waals surface area contributed by atoms with Crippen LogP contribution in [0, 0.1) is 0 Å². The zero-order valence-corrected chi connectivity index (χ0v) is 8.34. The molecule has 0 aliphatic carbocycles. The van der Waals surface area contributed by atoms with Gasteiger partial charge in [-0.2, -0.15) is 11.8 Å². The van der Waals surface area contributed by atoms with E-state index in [1.807, 2.05) is 11.8 Å². The van der Waals surface area contributed by atoms with Crippen LogP contribution in [-0.4, -0.2) is 6.26 Å². The highest BCUT2D eigenvalue weighted by molar-refractivity contribution is 7.99. The number of benzene rings is 1. The molecule has 0 aromatic heterocycles. The molecule has 1 unspecified atom stereocenters. The molecule has 0 aliphatic rings. The lowest BCUT2D eigenvalue weighted by atomic mass is 10.1. The van der Waals surface area contributed by atoms with Crippen LogP contribution >= 0.6 is 11.8 Å². The van der Waals surface area contributed by atoms with Crippen molar-refractivity contribution in [2.24, 2.45) is 0 Å². The van der Waals surface area contributed by atoms with E-state index in [2.05, 4.69) is 55.7 Å². The van der Waals surface area contributed by atoms with Gasteiger partial charge in [-0.1, -0.05) is 42.5 Å². The molecule has 0 nitrogen and oxygen atoms in total. The van der Waals surface area contributed by atoms with E-state index >= 15 is 0 Å². The summed E-state index contributed by atoms with van der Waals surface area (Å²) in [5.74, 6) is 0. The van der Waals surface area contributed by atoms with E-state index in [0.29, 0.717) is 5.25 Å². The van der Waals surface area contributed by atoms with Crippen molar-refractivity contribution in [3.05, 3.63) is 48.0 Å². The van der Waals surface area contributed by atoms with Gasteiger partial charge in [0.25, 0.3) is 0 Å². The summed E-state index contributed by atoms with van der Waals surface area (Å²) in [7, 11) is 0. The Hall–Kier alpha value is -0.690. The predicted molar refractivity (Wildman–Crippen MR) is 57.5 cm³/mol. The molecule has 12 heavy (non-hydrogen) atoms. The molecule has 0 heterocycles. The molecule has 0 radical (unpaired) electrons. The van der Waals surface area contributed by atoms with Crippen LogP contribution in [0.25, 0.3) is 0 Å². The van der Waals surface area contributed by atoms with Gasteiger partial charge in [-0.3, -0.25) is 0 Å². The lowest BCUT2D eigenvalue weighted by Gasteiger charge is -2.08. The molecule has 1 heteroatoms. The van der Waals surface area contributed by atoms with Crippen LogP contribution < -0.4 is 0 Å². The Balaban J connectivity index is 2.80. The Bertz CT molecular complexity index is 238. The minimum Gasteiger partial charge on any atom is -0.153 e. The fourth-order valence-corrected chi connectivity index (χ4v) is 1.89. The largest absolute Gasteiger partial charge is 0.153 e. The van der Waals surface area contributed by atoms with Crippen LogP contribution in [-0.2, 0) is 0 Å². The molecule has 0 spiro atoms. The highest BCUT2D eigenvalue weighted by atomic mass is 32.2. The first-order chi connectivity index (χ1) is 5.88. The molecule has 0 bridgehead atoms. The quantitative estimate of drug-likeness (QED) is 0.636. The molecule has 1 aromatic carbocycles. The molecule has 0 N–H and O–H groups in total. The van der Waals surface area contributed by atoms with Crippen molar-refractivity contribution in [3.63, 3.8) is 0 Å². The maximum absolute atomic E-state index is 2.22. The van der Waals surface area contributed by atoms with Gasteiger partial charge in [0.2, 0.25) is 0 Å². The van der Waals surface area contributed by atoms with Gasteiger partial charge in [0, 0.05) is 5.25 Å². The van der Waals surface area contributed by atoms with Crippen molar-refractivity contribution < 1.29 is 0 Å². The molecule has 0 saturated heterocycles. The van der Waals surface area contributed by atoms with Gasteiger partial charge < -0.3 is 0 Å². The molecule has 1 atom stereocenters. The molecule has 1 rings (SSSR count). The molecule has 1 aromatic rings. The predicted octanol–water partition coefficient (Wildman–Crippen LogP) is 3.67. The summed E-state index contributed by atoms with van der Waals surface area (Å²) < 4.78 is 0. The highest BCUT2D eigenvalue weighted by Crippen LogP contribution is 2.27. The first-order valence-corrected chi connectivity index (χ1v) is 5.38. The van der Waals surface area contributed by atoms with Gasteiger partial charge in [0.15, 0.2) is 0 Å². The first-order valence-electron chi connectivity index (χ1n) is 4.09. The average Bonchev–Trinajstić information content (AvgIpc) is 2.15. The van der Waals surface area contributed by atoms with Crippen molar-refractivity contribution in [1.29, 1.82) is 0 Å². The molecular weight excluding hydrogens is 164 g/mol. The Morgan fingerprint density at radius 2 is 1.92 bits per heavy atom. The van der Waals surface area contributed by atoms with Crippen molar-refractivity contribution >= 4 is 11.8 Å². The van der Waals surface area contributed by atoms with Crippen molar-refractivity contribution in [1.82, 2.24) is 0 Å². The number of rotatable bonds is 3. The van der Waals surface area contributed by atoms with Crippen LogP contribution in [0.5, 0.6) is 0 Å². The highest BCUT2D eigenvalue weighted by Gasteiger charge is 2.03. The third-order valence-corrected chi connectivity index (χ3v) is 2.69. The smallest absolute Gasteiger partial charge is 0.0474 e. The Labute approximate surface area is 78.7 Å². The lowest BCUT2D eigenvalue weighted by Crippen LogP contribution is -1.87. The summed E-state index contributed by atoms with van der Waals surface area (Å²) in [4.78, 5) is 0. The zero-order valence-electron chi connectivity index (χ0n) is 7.53. The number of hydrogen-bond donors (Lipinski definition) is 0. The SMILES string of the molecule is CC=CC(SC)c1ccccc1. The van der Waals surface area contributed by atoms with E-state index in [1.54, 1.807) is 0 Å². The number of thioether (sulfide) groups is 1. The molecule has 0 aliphatic heterocycles. The molecule has 64 valence electrons. The summed E-state index contributed by atoms with van der Waals surface area (Å²) in [6, 6.07) is 10.6. The number of hydrogen-bond acceptors (Lipinski definition) is 1. The normalized spacial score (nSPS) is 13.5. The minimum atomic E-state index is 0.510. The van der Waals surface area contributed by atoms with Gasteiger partial charge in [0.05, 0.1) is 0 Å². The van der Waals surface area contributed by atoms with E-state index in [-0.39, 0.29) is 0 Å². The van der Waals surface area contributed by atoms with E-state index in [4.69, 9.17) is 0 Å². The second-order valence-electron chi connectivity index (χ2n) is 2.59. The van der Waals surface area contributed by atoms with Gasteiger partial charge in [0.1, 0.15) is 0 Å². The topological polar surface area (TPSA) is 0 Å². The van der Waals surface area contributed by atoms with E-state index in [9.17, 15) is 0 Å². The molecule has 0 fully saturated rings. The first kappa shape index (κ1) is 9.40. The minimum absolute atomic E-state index is 0.510. The average molecular weight is 178 g/mol. The molecule has 0 amide bonds. The monoisotopic (exact) mass is 178 g/mol. The zero-order chi connectivity index (χ0) is 8.81. The van der Waals surface area contributed by atoms with E-state index in [0.717, 1.165) is 0 Å². The summed E-state index contributed by atoms with van der Waals surface area (Å²) in [6.07, 6.45) is 6.46. The van der Waals surface area contributed by atoms with Gasteiger partial charge in [-0.25, -0.2) is 0 Å². The summed E-state index contributed by atoms with van der Waals surface area (Å²) >= 11 is 1.86. The Kier molecular flexibility index (Phi) is 3.95. The van der Waals surface area contributed by atoms with Crippen LogP contribution in [0.2, 0.25) is 0 Å². The van der Waals surface area contributed by atoms with Crippen LogP contribution in [0.4, 0.5) is 0 Å². The van der Waals surface area contributed by atoms with Gasteiger partial charge >= 0.3 is 0 Å². The molecular formula is C11H14S. The van der Waals surface area contributed by atoms with Gasteiger partial charge in [-0.05, 0) is 18.7 Å². The summed E-state index contributed by atoms with van der Waals surface area (Å²) in [5, 5.41) is 0.510. The van der Waals surface area contributed by atoms with Crippen LogP contribution in [0.15, 0.2) is 42.5 Å². The third-order valence-electron chi connectivity index (χ3n) is 1.75. The Morgan fingerprint density at radius 1 is 1.25 bits per heavy atom. The maximum Gasteiger partial charge on any atom is 0.0474 e. The standard InChI is InChI=1S/C11H14S/c1-3-7-11(12-2)10-8-5-4-6-9-10/h3-9,11H,1-2H3. The van der Waals surface area contributed by atoms with E-state index in [1.165, 1.54) is 5.56 Å². The summed E-state index contributed by atoms with van der Waals surface area (Å²) in [6.45, 7) is 2.06. The van der Waals surface area contributed by atoms with Crippen LogP contribution in [0.1, 0.15) is 17.7 Å². The lowest BCUT2D eigenvalue weighted by molar-refractivity contribution is 1.23. The summed E-state index contributed by atoms with van der Waals surface area (Å²) in [5.41, 5.74) is 1.38. The van der Waals surface area contributed by atoms with Gasteiger partial charge in [-0.15, -0.1) is 0 Å². The Morgan fingerprint density at radius 3 is 2.42 bits per heavy atom. The van der Waals surface area contributed by atoms with Crippen LogP contribution in [0.3, 0.4) is 0 Å². The van der Waals surface area contributed by atoms with Crippen molar-refractivity contribution in [2.75, 3.05) is 6.26 Å². The third kappa shape index (κ3) is 2.42. The second-order valence-corrected chi connectivity index (χ2v) is 3.57. The van der Waals surface area contributed by atoms with Crippen molar-refractivity contribution in [2.45, 2.75) is 12.2 Å².